The van der Waals surface area contributed by atoms with Gasteiger partial charge < -0.3 is 15.5 Å². The number of amides is 1. The van der Waals surface area contributed by atoms with Crippen molar-refractivity contribution in [3.63, 3.8) is 0 Å². The van der Waals surface area contributed by atoms with E-state index in [1.807, 2.05) is 43.4 Å². The van der Waals surface area contributed by atoms with Gasteiger partial charge in [0, 0.05) is 40.1 Å². The second-order valence-corrected chi connectivity index (χ2v) is 7.13. The van der Waals surface area contributed by atoms with Gasteiger partial charge in [-0.3, -0.25) is 9.59 Å². The van der Waals surface area contributed by atoms with E-state index in [0.717, 1.165) is 5.52 Å². The minimum atomic E-state index is -0.433. The van der Waals surface area contributed by atoms with E-state index in [1.165, 1.54) is 0 Å². The molecule has 2 heterocycles. The fourth-order valence-electron chi connectivity index (χ4n) is 2.58. The average molecular weight is 335 g/mol. The van der Waals surface area contributed by atoms with Crippen LogP contribution >= 0.6 is 0 Å². The van der Waals surface area contributed by atoms with Gasteiger partial charge in [-0.1, -0.05) is 20.8 Å². The third-order valence-corrected chi connectivity index (χ3v) is 3.97. The summed E-state index contributed by atoms with van der Waals surface area (Å²) in [6, 6.07) is 12.3. The Hall–Kier alpha value is -3.08. The summed E-state index contributed by atoms with van der Waals surface area (Å²) in [5.41, 5.74) is 8.56. The Bertz CT molecular complexity index is 947. The zero-order valence-corrected chi connectivity index (χ0v) is 14.5. The molecule has 0 aliphatic carbocycles. The number of nitrogens with zero attached hydrogens (tertiary/aromatic N) is 1. The molecule has 0 bridgehead atoms. The lowest BCUT2D eigenvalue weighted by molar-refractivity contribution is 0.0858. The van der Waals surface area contributed by atoms with Crippen LogP contribution < -0.4 is 11.1 Å². The first-order valence-electron chi connectivity index (χ1n) is 8.07. The molecule has 3 N–H and O–H groups in total. The van der Waals surface area contributed by atoms with Crippen LogP contribution in [0.25, 0.3) is 5.52 Å². The maximum atomic E-state index is 12.4. The summed E-state index contributed by atoms with van der Waals surface area (Å²) < 4.78 is 1.84. The highest BCUT2D eigenvalue weighted by molar-refractivity contribution is 6.04. The predicted octanol–water partition coefficient (Wildman–Crippen LogP) is 4.00. The van der Waals surface area contributed by atoms with Gasteiger partial charge in [-0.2, -0.15) is 0 Å². The molecule has 0 aliphatic heterocycles. The van der Waals surface area contributed by atoms with Crippen molar-refractivity contribution >= 4 is 28.6 Å². The van der Waals surface area contributed by atoms with Gasteiger partial charge >= 0.3 is 0 Å². The van der Waals surface area contributed by atoms with Crippen LogP contribution in [0.1, 0.15) is 41.5 Å². The molecule has 1 aromatic carbocycles. The third kappa shape index (κ3) is 3.55. The molecule has 0 spiro atoms. The van der Waals surface area contributed by atoms with Gasteiger partial charge in [0.25, 0.3) is 5.91 Å². The number of rotatable bonds is 3. The van der Waals surface area contributed by atoms with Gasteiger partial charge in [0.05, 0.1) is 5.69 Å². The Morgan fingerprint density at radius 3 is 2.28 bits per heavy atom. The Morgan fingerprint density at radius 2 is 1.64 bits per heavy atom. The van der Waals surface area contributed by atoms with Gasteiger partial charge in [0.15, 0.2) is 5.78 Å². The van der Waals surface area contributed by atoms with Gasteiger partial charge in [0.1, 0.15) is 0 Å². The summed E-state index contributed by atoms with van der Waals surface area (Å²) in [5, 5.41) is 2.85. The molecule has 0 atom stereocenters. The van der Waals surface area contributed by atoms with Crippen molar-refractivity contribution in [1.82, 2.24) is 4.40 Å². The summed E-state index contributed by atoms with van der Waals surface area (Å²) in [6.45, 7) is 5.70. The lowest BCUT2D eigenvalue weighted by Crippen LogP contribution is -2.19. The largest absolute Gasteiger partial charge is 0.399 e. The van der Waals surface area contributed by atoms with Crippen LogP contribution in [0.15, 0.2) is 54.9 Å². The molecule has 3 aromatic rings. The first kappa shape index (κ1) is 16.8. The second-order valence-electron chi connectivity index (χ2n) is 7.13. The number of nitrogens with one attached hydrogen (secondary N) is 1. The molecule has 5 heteroatoms. The Kier molecular flexibility index (Phi) is 4.08. The molecule has 3 rings (SSSR count). The smallest absolute Gasteiger partial charge is 0.255 e. The van der Waals surface area contributed by atoms with E-state index in [-0.39, 0.29) is 11.7 Å². The van der Waals surface area contributed by atoms with Crippen molar-refractivity contribution in [3.8, 4) is 0 Å². The molecular formula is C20H21N3O2. The number of carbonyl (C=O) groups is 2. The van der Waals surface area contributed by atoms with Crippen molar-refractivity contribution < 1.29 is 9.59 Å². The van der Waals surface area contributed by atoms with E-state index in [9.17, 15) is 9.59 Å². The molecule has 1 amide bonds. The molecule has 128 valence electrons. The van der Waals surface area contributed by atoms with Gasteiger partial charge in [0.2, 0.25) is 0 Å². The number of aromatic nitrogens is 1. The number of benzene rings is 1. The van der Waals surface area contributed by atoms with E-state index in [1.54, 1.807) is 36.7 Å². The zero-order chi connectivity index (χ0) is 18.2. The quantitative estimate of drug-likeness (QED) is 0.561. The summed E-state index contributed by atoms with van der Waals surface area (Å²) in [5.74, 6) is -0.124. The van der Waals surface area contributed by atoms with Gasteiger partial charge in [-0.15, -0.1) is 0 Å². The molecule has 0 saturated heterocycles. The van der Waals surface area contributed by atoms with Crippen LogP contribution in [0.4, 0.5) is 11.4 Å². The molecule has 5 nitrogen and oxygen atoms in total. The number of nitrogen functional groups attached to an aromatic ring is 1. The highest BCUT2D eigenvalue weighted by Crippen LogP contribution is 2.23. The normalized spacial score (nSPS) is 11.5. The topological polar surface area (TPSA) is 76.6 Å². The van der Waals surface area contributed by atoms with Gasteiger partial charge in [-0.25, -0.2) is 0 Å². The number of fused-ring (bicyclic) bond motifs is 1. The number of ketones is 1. The Morgan fingerprint density at radius 1 is 0.960 bits per heavy atom. The summed E-state index contributed by atoms with van der Waals surface area (Å²) in [7, 11) is 0. The number of carbonyl (C=O) groups excluding carboxylic acids is 2. The first-order chi connectivity index (χ1) is 11.7. The summed E-state index contributed by atoms with van der Waals surface area (Å²) in [6.07, 6.45) is 3.59. The van der Waals surface area contributed by atoms with E-state index in [2.05, 4.69) is 5.32 Å². The lowest BCUT2D eigenvalue weighted by Gasteiger charge is -2.14. The molecule has 0 saturated carbocycles. The minimum Gasteiger partial charge on any atom is -0.399 e. The molecule has 25 heavy (non-hydrogen) atoms. The van der Waals surface area contributed by atoms with Crippen molar-refractivity contribution in [2.24, 2.45) is 5.41 Å². The SMILES string of the molecule is CC(C)(C)C(=O)c1cc2ccc(NC(=O)c3ccc(N)cc3)cn2c1. The number of hydrogen-bond donors (Lipinski definition) is 2. The van der Waals surface area contributed by atoms with Crippen LogP contribution in [0.3, 0.4) is 0 Å². The fourth-order valence-corrected chi connectivity index (χ4v) is 2.58. The van der Waals surface area contributed by atoms with E-state index in [4.69, 9.17) is 5.73 Å². The highest BCUT2D eigenvalue weighted by atomic mass is 16.1. The standard InChI is InChI=1S/C20H21N3O2/c1-20(2,3)18(24)14-10-17-9-8-16(12-23(17)11-14)22-19(25)13-4-6-15(21)7-5-13/h4-12H,21H2,1-3H3,(H,22,25). The molecule has 2 aromatic heterocycles. The molecule has 0 radical (unpaired) electrons. The minimum absolute atomic E-state index is 0.0867. The number of hydrogen-bond acceptors (Lipinski definition) is 3. The van der Waals surface area contributed by atoms with Crippen LogP contribution in [0.5, 0.6) is 0 Å². The Labute approximate surface area is 146 Å². The Balaban J connectivity index is 1.85. The predicted molar refractivity (Wildman–Crippen MR) is 100.0 cm³/mol. The van der Waals surface area contributed by atoms with Crippen LogP contribution in [-0.4, -0.2) is 16.1 Å². The second kappa shape index (κ2) is 6.09. The fraction of sp³-hybridized carbons (Fsp3) is 0.200. The molecular weight excluding hydrogens is 314 g/mol. The monoisotopic (exact) mass is 335 g/mol. The zero-order valence-electron chi connectivity index (χ0n) is 14.5. The number of pyridine rings is 1. The lowest BCUT2D eigenvalue weighted by atomic mass is 9.87. The third-order valence-electron chi connectivity index (χ3n) is 3.97. The number of Topliss-reactive ketones (excluding diaryl/α,β-unsaturated/α-hetero) is 1. The van der Waals surface area contributed by atoms with E-state index in [0.29, 0.717) is 22.5 Å². The summed E-state index contributed by atoms with van der Waals surface area (Å²) >= 11 is 0. The number of nitrogens with two attached hydrogens (primary N) is 1. The van der Waals surface area contributed by atoms with E-state index >= 15 is 0 Å². The van der Waals surface area contributed by atoms with Crippen molar-refractivity contribution in [3.05, 3.63) is 66.0 Å². The van der Waals surface area contributed by atoms with Crippen LogP contribution in [-0.2, 0) is 0 Å². The van der Waals surface area contributed by atoms with E-state index < -0.39 is 5.41 Å². The summed E-state index contributed by atoms with van der Waals surface area (Å²) in [4.78, 5) is 24.7. The van der Waals surface area contributed by atoms with Crippen molar-refractivity contribution in [2.45, 2.75) is 20.8 Å². The molecule has 0 fully saturated rings. The van der Waals surface area contributed by atoms with Gasteiger partial charge in [-0.05, 0) is 42.5 Å². The molecule has 0 aliphatic rings. The number of anilines is 2. The average Bonchev–Trinajstić information content (AvgIpc) is 2.96. The van der Waals surface area contributed by atoms with Crippen molar-refractivity contribution in [2.75, 3.05) is 11.1 Å². The highest BCUT2D eigenvalue weighted by Gasteiger charge is 2.23. The van der Waals surface area contributed by atoms with Crippen LogP contribution in [0, 0.1) is 5.41 Å². The maximum Gasteiger partial charge on any atom is 0.255 e. The van der Waals surface area contributed by atoms with Crippen LogP contribution in [0.2, 0.25) is 0 Å². The first-order valence-corrected chi connectivity index (χ1v) is 8.07. The van der Waals surface area contributed by atoms with Crippen molar-refractivity contribution in [1.29, 1.82) is 0 Å². The molecule has 0 unspecified atom stereocenters. The maximum absolute atomic E-state index is 12.4.